The first-order chi connectivity index (χ1) is 23.8. The Morgan fingerprint density at radius 2 is 0.750 bits per heavy atom. The van der Waals surface area contributed by atoms with Gasteiger partial charge in [-0.15, -0.1) is 0 Å². The van der Waals surface area contributed by atoms with E-state index in [9.17, 15) is 19.2 Å². The molecule has 2 rings (SSSR count). The number of esters is 2. The maximum absolute atomic E-state index is 12.8. The summed E-state index contributed by atoms with van der Waals surface area (Å²) in [5.74, 6) is 0.574. The molecule has 2 N–H and O–H groups in total. The van der Waals surface area contributed by atoms with Crippen molar-refractivity contribution < 1.29 is 38.1 Å². The highest BCUT2D eigenvalue weighted by Crippen LogP contribution is 2.26. The van der Waals surface area contributed by atoms with Crippen LogP contribution in [0, 0.1) is 0 Å². The van der Waals surface area contributed by atoms with Crippen LogP contribution in [0.3, 0.4) is 0 Å². The van der Waals surface area contributed by atoms with Gasteiger partial charge in [0.2, 0.25) is 0 Å². The van der Waals surface area contributed by atoms with E-state index < -0.39 is 34.6 Å². The molecule has 0 aromatic heterocycles. The summed E-state index contributed by atoms with van der Waals surface area (Å²) in [6.45, 7) is 22.0. The van der Waals surface area contributed by atoms with Gasteiger partial charge in [-0.05, 0) is 118 Å². The number of rotatable bonds is 15. The minimum atomic E-state index is -0.645. The molecule has 0 aliphatic heterocycles. The summed E-state index contributed by atoms with van der Waals surface area (Å²) >= 11 is 0. The van der Waals surface area contributed by atoms with E-state index in [1.165, 1.54) is 0 Å². The smallest absolute Gasteiger partial charge is 0.407 e. The van der Waals surface area contributed by atoms with Gasteiger partial charge in [0.15, 0.2) is 0 Å². The van der Waals surface area contributed by atoms with Gasteiger partial charge in [0.05, 0.1) is 12.8 Å². The van der Waals surface area contributed by atoms with Crippen molar-refractivity contribution in [1.82, 2.24) is 10.6 Å². The molecule has 0 fully saturated rings. The molecular formula is C40H60N2O8S2. The number of hydrogen-bond acceptors (Lipinski definition) is 10. The van der Waals surface area contributed by atoms with Gasteiger partial charge >= 0.3 is 24.1 Å². The second-order valence-electron chi connectivity index (χ2n) is 16.8. The van der Waals surface area contributed by atoms with E-state index in [-0.39, 0.29) is 36.9 Å². The van der Waals surface area contributed by atoms with Crippen LogP contribution in [0.25, 0.3) is 0 Å². The molecule has 290 valence electrons. The van der Waals surface area contributed by atoms with E-state index >= 15 is 0 Å². The van der Waals surface area contributed by atoms with E-state index in [4.69, 9.17) is 18.9 Å². The number of carbonyl (C=O) groups is 4. The first kappa shape index (κ1) is 44.8. The normalized spacial score (nSPS) is 13.4. The first-order valence-electron chi connectivity index (χ1n) is 17.7. The molecule has 0 aliphatic carbocycles. The van der Waals surface area contributed by atoms with Crippen LogP contribution in [0.15, 0.2) is 48.5 Å². The Bertz CT molecular complexity index is 1340. The zero-order chi connectivity index (χ0) is 39.3. The Balaban J connectivity index is 2.09. The van der Waals surface area contributed by atoms with Crippen molar-refractivity contribution in [1.29, 1.82) is 0 Å². The Morgan fingerprint density at radius 1 is 0.481 bits per heavy atom. The summed E-state index contributed by atoms with van der Waals surface area (Å²) in [5, 5.41) is 6.04. The van der Waals surface area contributed by atoms with Crippen molar-refractivity contribution in [3.8, 4) is 0 Å². The number of nitrogens with one attached hydrogen (secondary N) is 2. The van der Waals surface area contributed by atoms with Crippen molar-refractivity contribution in [3.63, 3.8) is 0 Å². The Labute approximate surface area is 319 Å². The zero-order valence-corrected chi connectivity index (χ0v) is 34.7. The maximum atomic E-state index is 12.8. The van der Waals surface area contributed by atoms with Crippen molar-refractivity contribution in [2.75, 3.05) is 11.5 Å². The van der Waals surface area contributed by atoms with Crippen molar-refractivity contribution in [2.24, 2.45) is 0 Å². The standard InChI is InChI=1S/C40H60N2O8S2/c1-37(2,3)47-33(43)23-29-17-13-27(14-18-29)21-31(41-35(45)49-39(7,8)9)25-51-52-26-32(42-36(46)50-40(10,11)12)22-28-15-19-30(20-16-28)24-34(44)48-38(4,5)6/h13-20,31-32H,21-26H2,1-12H3,(H,41,45)(H,42,46). The molecule has 2 amide bonds. The van der Waals surface area contributed by atoms with E-state index in [0.29, 0.717) is 24.3 Å². The number of hydrogen-bond donors (Lipinski definition) is 2. The van der Waals surface area contributed by atoms with Crippen LogP contribution in [-0.2, 0) is 54.2 Å². The first-order valence-corrected chi connectivity index (χ1v) is 20.2. The predicted molar refractivity (Wildman–Crippen MR) is 211 cm³/mol. The average Bonchev–Trinajstić information content (AvgIpc) is 2.93. The highest BCUT2D eigenvalue weighted by Gasteiger charge is 2.23. The highest BCUT2D eigenvalue weighted by atomic mass is 33.1. The number of amides is 2. The number of benzene rings is 2. The predicted octanol–water partition coefficient (Wildman–Crippen LogP) is 8.41. The van der Waals surface area contributed by atoms with Gasteiger partial charge in [0, 0.05) is 23.6 Å². The summed E-state index contributed by atoms with van der Waals surface area (Å²) in [6, 6.07) is 15.0. The third-order valence-electron chi connectivity index (χ3n) is 6.61. The van der Waals surface area contributed by atoms with Crippen LogP contribution in [0.2, 0.25) is 0 Å². The second kappa shape index (κ2) is 19.6. The monoisotopic (exact) mass is 760 g/mol. The lowest BCUT2D eigenvalue weighted by Crippen LogP contribution is -2.42. The summed E-state index contributed by atoms with van der Waals surface area (Å²) in [5.41, 5.74) is 1.31. The van der Waals surface area contributed by atoms with Gasteiger partial charge in [-0.25, -0.2) is 9.59 Å². The number of ether oxygens (including phenoxy) is 4. The van der Waals surface area contributed by atoms with Crippen molar-refractivity contribution in [2.45, 2.75) is 143 Å². The quantitative estimate of drug-likeness (QED) is 0.0790. The summed E-state index contributed by atoms with van der Waals surface area (Å²) in [4.78, 5) is 50.2. The minimum Gasteiger partial charge on any atom is -0.460 e. The molecule has 0 spiro atoms. The SMILES string of the molecule is CC(C)(C)OC(=O)Cc1ccc(CC(CSSCC(Cc2ccc(CC(=O)OC(C)(C)C)cc2)NC(=O)OC(C)(C)C)NC(=O)OC(C)(C)C)cc1. The summed E-state index contributed by atoms with van der Waals surface area (Å²) in [7, 11) is 3.18. The molecule has 2 atom stereocenters. The third kappa shape index (κ3) is 21.2. The minimum absolute atomic E-state index is 0.179. The van der Waals surface area contributed by atoms with Gasteiger partial charge in [-0.2, -0.15) is 0 Å². The third-order valence-corrected chi connectivity index (χ3v) is 9.17. The molecule has 0 heterocycles. The summed E-state index contributed by atoms with van der Waals surface area (Å²) in [6.07, 6.45) is 0.466. The van der Waals surface area contributed by atoms with E-state index in [1.807, 2.05) is 132 Å². The van der Waals surface area contributed by atoms with E-state index in [0.717, 1.165) is 22.3 Å². The number of alkyl carbamates (subject to hydrolysis) is 2. The molecule has 12 heteroatoms. The Morgan fingerprint density at radius 3 is 1.02 bits per heavy atom. The van der Waals surface area contributed by atoms with Gasteiger partial charge in [-0.1, -0.05) is 70.1 Å². The fourth-order valence-electron chi connectivity index (χ4n) is 4.76. The number of carbonyl (C=O) groups excluding carboxylic acids is 4. The zero-order valence-electron chi connectivity index (χ0n) is 33.1. The molecule has 0 saturated heterocycles. The molecule has 0 saturated carbocycles. The Hall–Kier alpha value is -3.38. The van der Waals surface area contributed by atoms with Gasteiger partial charge < -0.3 is 29.6 Å². The maximum Gasteiger partial charge on any atom is 0.407 e. The van der Waals surface area contributed by atoms with Crippen LogP contribution < -0.4 is 10.6 Å². The Kier molecular flexibility index (Phi) is 16.9. The fraction of sp³-hybridized carbons (Fsp3) is 0.600. The van der Waals surface area contributed by atoms with Gasteiger partial charge in [0.25, 0.3) is 0 Å². The van der Waals surface area contributed by atoms with Crippen LogP contribution in [0.1, 0.15) is 105 Å². The molecule has 2 aromatic carbocycles. The summed E-state index contributed by atoms with van der Waals surface area (Å²) < 4.78 is 22.0. The molecule has 2 aromatic rings. The molecule has 52 heavy (non-hydrogen) atoms. The molecule has 0 bridgehead atoms. The van der Waals surface area contributed by atoms with Crippen molar-refractivity contribution in [3.05, 3.63) is 70.8 Å². The highest BCUT2D eigenvalue weighted by molar-refractivity contribution is 8.76. The second-order valence-corrected chi connectivity index (χ2v) is 19.4. The van der Waals surface area contributed by atoms with Crippen molar-refractivity contribution >= 4 is 45.7 Å². The molecule has 2 unspecified atom stereocenters. The van der Waals surface area contributed by atoms with Crippen LogP contribution in [0.4, 0.5) is 9.59 Å². The topological polar surface area (TPSA) is 129 Å². The van der Waals surface area contributed by atoms with Crippen LogP contribution in [0.5, 0.6) is 0 Å². The lowest BCUT2D eigenvalue weighted by Gasteiger charge is -2.25. The van der Waals surface area contributed by atoms with E-state index in [1.54, 1.807) is 21.6 Å². The molecular weight excluding hydrogens is 701 g/mol. The van der Waals surface area contributed by atoms with Gasteiger partial charge in [0.1, 0.15) is 22.4 Å². The van der Waals surface area contributed by atoms with Crippen LogP contribution >= 0.6 is 21.6 Å². The van der Waals surface area contributed by atoms with E-state index in [2.05, 4.69) is 10.6 Å². The van der Waals surface area contributed by atoms with Crippen LogP contribution in [-0.4, -0.2) is 70.1 Å². The lowest BCUT2D eigenvalue weighted by molar-refractivity contribution is -0.155. The average molecular weight is 761 g/mol. The molecule has 0 aliphatic rings. The lowest BCUT2D eigenvalue weighted by atomic mass is 10.0. The molecule has 10 nitrogen and oxygen atoms in total. The molecule has 0 radical (unpaired) electrons. The van der Waals surface area contributed by atoms with Gasteiger partial charge in [-0.3, -0.25) is 9.59 Å². The largest absolute Gasteiger partial charge is 0.460 e. The fourth-order valence-corrected chi connectivity index (χ4v) is 7.24.